The average Bonchev–Trinajstić information content (AvgIpc) is 1.69. The Balaban J connectivity index is 2.45. The first-order valence-electron chi connectivity index (χ1n) is 1.97. The Labute approximate surface area is 43.2 Å². The SMILES string of the molecule is COCOCOC. The van der Waals surface area contributed by atoms with Crippen LogP contribution in [-0.2, 0) is 14.2 Å². The molecule has 0 aliphatic rings. The fourth-order valence-corrected chi connectivity index (χ4v) is 0.201. The van der Waals surface area contributed by atoms with Gasteiger partial charge in [-0.3, -0.25) is 0 Å². The molecule has 0 fully saturated rings. The summed E-state index contributed by atoms with van der Waals surface area (Å²) in [5, 5.41) is 0. The summed E-state index contributed by atoms with van der Waals surface area (Å²) in [6.07, 6.45) is 0. The van der Waals surface area contributed by atoms with Gasteiger partial charge in [0.2, 0.25) is 0 Å². The summed E-state index contributed by atoms with van der Waals surface area (Å²) in [6, 6.07) is 0. The first kappa shape index (κ1) is 6.88. The van der Waals surface area contributed by atoms with Crippen LogP contribution in [0, 0.1) is 0 Å². The van der Waals surface area contributed by atoms with Gasteiger partial charge >= 0.3 is 0 Å². The maximum Gasteiger partial charge on any atom is 0.149 e. The van der Waals surface area contributed by atoms with Crippen LogP contribution in [0.4, 0.5) is 0 Å². The maximum absolute atomic E-state index is 4.69. The monoisotopic (exact) mass is 106 g/mol. The van der Waals surface area contributed by atoms with Gasteiger partial charge in [-0.15, -0.1) is 0 Å². The fraction of sp³-hybridized carbons (Fsp3) is 1.00. The van der Waals surface area contributed by atoms with Gasteiger partial charge < -0.3 is 14.2 Å². The molecule has 0 aromatic heterocycles. The minimum atomic E-state index is 0.299. The zero-order valence-corrected chi connectivity index (χ0v) is 4.64. The first-order chi connectivity index (χ1) is 3.41. The molecule has 0 saturated heterocycles. The van der Waals surface area contributed by atoms with E-state index in [2.05, 4.69) is 14.2 Å². The van der Waals surface area contributed by atoms with Crippen LogP contribution in [0.5, 0.6) is 0 Å². The van der Waals surface area contributed by atoms with Gasteiger partial charge in [0.15, 0.2) is 0 Å². The third kappa shape index (κ3) is 5.88. The molecule has 0 N–H and O–H groups in total. The van der Waals surface area contributed by atoms with E-state index < -0.39 is 0 Å². The molecule has 0 bridgehead atoms. The molecule has 0 aromatic carbocycles. The second-order valence-electron chi connectivity index (χ2n) is 1.02. The van der Waals surface area contributed by atoms with Crippen molar-refractivity contribution >= 4 is 0 Å². The molecule has 0 heterocycles. The molecular formula is C4H10O3. The van der Waals surface area contributed by atoms with E-state index in [-0.39, 0.29) is 0 Å². The molecule has 0 aliphatic carbocycles. The van der Waals surface area contributed by atoms with E-state index in [1.54, 1.807) is 14.2 Å². The molecule has 3 nitrogen and oxygen atoms in total. The van der Waals surface area contributed by atoms with Gasteiger partial charge in [-0.1, -0.05) is 0 Å². The Bertz CT molecular complexity index is 26.1. The van der Waals surface area contributed by atoms with E-state index in [1.807, 2.05) is 0 Å². The second-order valence-corrected chi connectivity index (χ2v) is 1.02. The van der Waals surface area contributed by atoms with Gasteiger partial charge in [0.1, 0.15) is 13.6 Å². The Kier molecular flexibility index (Phi) is 5.78. The van der Waals surface area contributed by atoms with Crippen LogP contribution >= 0.6 is 0 Å². The van der Waals surface area contributed by atoms with Crippen molar-refractivity contribution in [2.45, 2.75) is 0 Å². The lowest BCUT2D eigenvalue weighted by Gasteiger charge is -1.97. The molecule has 0 atom stereocenters. The van der Waals surface area contributed by atoms with Gasteiger partial charge in [0, 0.05) is 14.2 Å². The molecule has 0 aliphatic heterocycles. The second kappa shape index (κ2) is 5.88. The summed E-state index contributed by atoms with van der Waals surface area (Å²) in [5.74, 6) is 0. The fourth-order valence-electron chi connectivity index (χ4n) is 0.201. The molecule has 44 valence electrons. The molecule has 0 rings (SSSR count). The normalized spacial score (nSPS) is 9.43. The van der Waals surface area contributed by atoms with Crippen LogP contribution in [0.3, 0.4) is 0 Å². The summed E-state index contributed by atoms with van der Waals surface area (Å²) >= 11 is 0. The Morgan fingerprint density at radius 1 is 1.00 bits per heavy atom. The van der Waals surface area contributed by atoms with Gasteiger partial charge in [-0.2, -0.15) is 0 Å². The topological polar surface area (TPSA) is 27.7 Å². The van der Waals surface area contributed by atoms with E-state index in [1.165, 1.54) is 0 Å². The smallest absolute Gasteiger partial charge is 0.149 e. The summed E-state index contributed by atoms with van der Waals surface area (Å²) in [7, 11) is 3.13. The van der Waals surface area contributed by atoms with Crippen molar-refractivity contribution in [3.8, 4) is 0 Å². The van der Waals surface area contributed by atoms with Crippen LogP contribution in [0.25, 0.3) is 0 Å². The molecule has 7 heavy (non-hydrogen) atoms. The molecule has 0 unspecified atom stereocenters. The zero-order chi connectivity index (χ0) is 5.54. The predicted octanol–water partition coefficient (Wildman–Crippen LogP) is 0.211. The lowest BCUT2D eigenvalue weighted by atomic mass is 11.3. The molecular weight excluding hydrogens is 96.0 g/mol. The van der Waals surface area contributed by atoms with Crippen molar-refractivity contribution in [2.24, 2.45) is 0 Å². The van der Waals surface area contributed by atoms with E-state index in [9.17, 15) is 0 Å². The standard InChI is InChI=1S/C4H10O3/c1-5-3-7-4-6-2/h3-4H2,1-2H3. The van der Waals surface area contributed by atoms with E-state index in [0.29, 0.717) is 13.6 Å². The van der Waals surface area contributed by atoms with Crippen LogP contribution in [0.2, 0.25) is 0 Å². The van der Waals surface area contributed by atoms with E-state index in [4.69, 9.17) is 0 Å². The van der Waals surface area contributed by atoms with Crippen LogP contribution in [0.1, 0.15) is 0 Å². The first-order valence-corrected chi connectivity index (χ1v) is 1.97. The lowest BCUT2D eigenvalue weighted by Crippen LogP contribution is -1.98. The Hall–Kier alpha value is -0.120. The van der Waals surface area contributed by atoms with Gasteiger partial charge in [-0.25, -0.2) is 0 Å². The van der Waals surface area contributed by atoms with E-state index in [0.717, 1.165) is 0 Å². The largest absolute Gasteiger partial charge is 0.359 e. The molecule has 0 radical (unpaired) electrons. The number of hydrogen-bond donors (Lipinski definition) is 0. The Morgan fingerprint density at radius 2 is 1.43 bits per heavy atom. The highest BCUT2D eigenvalue weighted by Crippen LogP contribution is 1.72. The average molecular weight is 106 g/mol. The minimum absolute atomic E-state index is 0.299. The summed E-state index contributed by atoms with van der Waals surface area (Å²) < 4.78 is 13.8. The van der Waals surface area contributed by atoms with Crippen molar-refractivity contribution in [1.82, 2.24) is 0 Å². The number of methoxy groups -OCH3 is 2. The molecule has 0 spiro atoms. The number of ether oxygens (including phenoxy) is 3. The molecule has 0 amide bonds. The van der Waals surface area contributed by atoms with E-state index >= 15 is 0 Å². The minimum Gasteiger partial charge on any atom is -0.359 e. The molecule has 0 saturated carbocycles. The third-order valence-corrected chi connectivity index (χ3v) is 0.402. The van der Waals surface area contributed by atoms with Crippen molar-refractivity contribution in [2.75, 3.05) is 27.8 Å². The predicted molar refractivity (Wildman–Crippen MR) is 24.8 cm³/mol. The zero-order valence-electron chi connectivity index (χ0n) is 4.64. The summed E-state index contributed by atoms with van der Waals surface area (Å²) in [5.41, 5.74) is 0. The molecule has 0 aromatic rings. The van der Waals surface area contributed by atoms with Crippen LogP contribution < -0.4 is 0 Å². The Morgan fingerprint density at radius 3 is 1.71 bits per heavy atom. The number of hydrogen-bond acceptors (Lipinski definition) is 3. The summed E-state index contributed by atoms with van der Waals surface area (Å²) in [6.45, 7) is 0.599. The van der Waals surface area contributed by atoms with Crippen LogP contribution in [0.15, 0.2) is 0 Å². The number of rotatable bonds is 4. The van der Waals surface area contributed by atoms with Crippen molar-refractivity contribution in [3.05, 3.63) is 0 Å². The highest BCUT2D eigenvalue weighted by Gasteiger charge is 1.76. The third-order valence-electron chi connectivity index (χ3n) is 0.402. The van der Waals surface area contributed by atoms with Gasteiger partial charge in [0.05, 0.1) is 0 Å². The summed E-state index contributed by atoms with van der Waals surface area (Å²) in [4.78, 5) is 0. The van der Waals surface area contributed by atoms with Crippen LogP contribution in [-0.4, -0.2) is 27.8 Å². The maximum atomic E-state index is 4.69. The van der Waals surface area contributed by atoms with Gasteiger partial charge in [-0.05, 0) is 0 Å². The van der Waals surface area contributed by atoms with Gasteiger partial charge in [0.25, 0.3) is 0 Å². The molecule has 3 heteroatoms. The van der Waals surface area contributed by atoms with Crippen molar-refractivity contribution in [3.63, 3.8) is 0 Å². The lowest BCUT2D eigenvalue weighted by molar-refractivity contribution is -0.107. The van der Waals surface area contributed by atoms with Crippen molar-refractivity contribution < 1.29 is 14.2 Å². The highest BCUT2D eigenvalue weighted by atomic mass is 16.7. The van der Waals surface area contributed by atoms with Crippen molar-refractivity contribution in [1.29, 1.82) is 0 Å². The quantitative estimate of drug-likeness (QED) is 0.379. The highest BCUT2D eigenvalue weighted by molar-refractivity contribution is 3.95.